The van der Waals surface area contributed by atoms with E-state index in [4.69, 9.17) is 4.74 Å². The molecule has 0 amide bonds. The van der Waals surface area contributed by atoms with Crippen LogP contribution in [-0.4, -0.2) is 34.0 Å². The molecule has 1 N–H and O–H groups in total. The summed E-state index contributed by atoms with van der Waals surface area (Å²) in [7, 11) is 3.41. The predicted octanol–water partition coefficient (Wildman–Crippen LogP) is 3.19. The second-order valence-corrected chi connectivity index (χ2v) is 5.47. The highest BCUT2D eigenvalue weighted by Gasteiger charge is 2.25. The minimum Gasteiger partial charge on any atom is -0.434 e. The molecule has 8 heteroatoms. The zero-order valence-electron chi connectivity index (χ0n) is 13.5. The molecule has 0 aliphatic heterocycles. The van der Waals surface area contributed by atoms with Crippen LogP contribution in [0, 0.1) is 10.1 Å². The van der Waals surface area contributed by atoms with Crippen LogP contribution in [-0.2, 0) is 0 Å². The first-order valence-corrected chi connectivity index (χ1v) is 7.09. The summed E-state index contributed by atoms with van der Waals surface area (Å²) in [5.74, 6) is 0.843. The first-order chi connectivity index (χ1) is 10.9. The van der Waals surface area contributed by atoms with Gasteiger partial charge in [-0.25, -0.2) is 9.99 Å². The van der Waals surface area contributed by atoms with Gasteiger partial charge in [-0.15, -0.1) is 0 Å². The van der Waals surface area contributed by atoms with Gasteiger partial charge < -0.3 is 4.74 Å². The highest BCUT2D eigenvalue weighted by molar-refractivity contribution is 5.61. The largest absolute Gasteiger partial charge is 0.434 e. The first kappa shape index (κ1) is 16.6. The second kappa shape index (κ2) is 7.01. The van der Waals surface area contributed by atoms with E-state index in [0.717, 1.165) is 5.56 Å². The second-order valence-electron chi connectivity index (χ2n) is 5.47. The van der Waals surface area contributed by atoms with Crippen molar-refractivity contribution in [1.82, 2.24) is 15.0 Å². The van der Waals surface area contributed by atoms with Crippen LogP contribution in [0.15, 0.2) is 30.6 Å². The Hall–Kier alpha value is -2.74. The summed E-state index contributed by atoms with van der Waals surface area (Å²) < 4.78 is 5.58. The summed E-state index contributed by atoms with van der Waals surface area (Å²) in [6.45, 7) is 4.18. The molecule has 0 bridgehead atoms. The molecule has 1 aromatic heterocycles. The Morgan fingerprint density at radius 1 is 1.22 bits per heavy atom. The van der Waals surface area contributed by atoms with Gasteiger partial charge in [0.1, 0.15) is 12.1 Å². The number of nitro groups is 1. The van der Waals surface area contributed by atoms with Gasteiger partial charge in [0.25, 0.3) is 0 Å². The third-order valence-corrected chi connectivity index (χ3v) is 3.06. The fourth-order valence-electron chi connectivity index (χ4n) is 1.93. The molecule has 2 aromatic rings. The Balaban J connectivity index is 2.33. The topological polar surface area (TPSA) is 93.4 Å². The van der Waals surface area contributed by atoms with Crippen LogP contribution in [0.4, 0.5) is 11.5 Å². The lowest BCUT2D eigenvalue weighted by atomic mass is 10.0. The zero-order chi connectivity index (χ0) is 17.0. The predicted molar refractivity (Wildman–Crippen MR) is 86.6 cm³/mol. The van der Waals surface area contributed by atoms with Gasteiger partial charge in [0.2, 0.25) is 5.82 Å². The molecule has 8 nitrogen and oxygen atoms in total. The highest BCUT2D eigenvalue weighted by Crippen LogP contribution is 2.34. The summed E-state index contributed by atoms with van der Waals surface area (Å²) in [5, 5.41) is 12.9. The van der Waals surface area contributed by atoms with E-state index < -0.39 is 4.92 Å². The standard InChI is InChI=1S/C15H19N5O3/c1-10(2)11-5-7-12(8-6-11)23-15-13(20(21)22)14(16-9-17-15)18-19(3)4/h5-10H,1-4H3,(H,16,17,18). The summed E-state index contributed by atoms with van der Waals surface area (Å²) in [4.78, 5) is 18.6. The number of ether oxygens (including phenoxy) is 1. The molecule has 0 spiro atoms. The average Bonchev–Trinajstić information content (AvgIpc) is 2.47. The molecule has 0 radical (unpaired) electrons. The van der Waals surface area contributed by atoms with Gasteiger partial charge in [-0.1, -0.05) is 26.0 Å². The smallest absolute Gasteiger partial charge is 0.374 e. The van der Waals surface area contributed by atoms with Gasteiger partial charge in [-0.05, 0) is 23.6 Å². The van der Waals surface area contributed by atoms with Gasteiger partial charge in [-0.2, -0.15) is 4.98 Å². The van der Waals surface area contributed by atoms with Crippen LogP contribution in [0.3, 0.4) is 0 Å². The average molecular weight is 317 g/mol. The van der Waals surface area contributed by atoms with Crippen molar-refractivity contribution >= 4 is 11.5 Å². The van der Waals surface area contributed by atoms with E-state index in [1.165, 1.54) is 6.33 Å². The minimum absolute atomic E-state index is 0.0730. The van der Waals surface area contributed by atoms with Crippen LogP contribution in [0.5, 0.6) is 11.6 Å². The van der Waals surface area contributed by atoms with E-state index >= 15 is 0 Å². The molecular weight excluding hydrogens is 298 g/mol. The molecule has 0 aliphatic carbocycles. The molecule has 0 fully saturated rings. The lowest BCUT2D eigenvalue weighted by Gasteiger charge is -2.13. The number of hydrazine groups is 1. The summed E-state index contributed by atoms with van der Waals surface area (Å²) in [6.07, 6.45) is 1.22. The Morgan fingerprint density at radius 2 is 1.87 bits per heavy atom. The summed E-state index contributed by atoms with van der Waals surface area (Å²) in [6, 6.07) is 7.37. The van der Waals surface area contributed by atoms with Gasteiger partial charge in [0.05, 0.1) is 4.92 Å². The van der Waals surface area contributed by atoms with Crippen molar-refractivity contribution < 1.29 is 9.66 Å². The van der Waals surface area contributed by atoms with E-state index in [1.807, 2.05) is 12.1 Å². The number of benzene rings is 1. The number of hydrogen-bond donors (Lipinski definition) is 1. The number of hydrogen-bond acceptors (Lipinski definition) is 7. The van der Waals surface area contributed by atoms with E-state index in [1.54, 1.807) is 31.2 Å². The number of anilines is 1. The van der Waals surface area contributed by atoms with Crippen molar-refractivity contribution in [2.24, 2.45) is 0 Å². The summed E-state index contributed by atoms with van der Waals surface area (Å²) in [5.41, 5.74) is 3.61. The van der Waals surface area contributed by atoms with E-state index in [2.05, 4.69) is 29.2 Å². The van der Waals surface area contributed by atoms with Crippen molar-refractivity contribution in [3.8, 4) is 11.6 Å². The van der Waals surface area contributed by atoms with Crippen LogP contribution in [0.2, 0.25) is 0 Å². The van der Waals surface area contributed by atoms with Crippen LogP contribution >= 0.6 is 0 Å². The number of rotatable bonds is 6. The van der Waals surface area contributed by atoms with E-state index in [9.17, 15) is 10.1 Å². The summed E-state index contributed by atoms with van der Waals surface area (Å²) >= 11 is 0. The third kappa shape index (κ3) is 4.13. The Kier molecular flexibility index (Phi) is 5.07. The number of nitrogens with zero attached hydrogens (tertiary/aromatic N) is 4. The van der Waals surface area contributed by atoms with Crippen LogP contribution in [0.25, 0.3) is 0 Å². The monoisotopic (exact) mass is 317 g/mol. The van der Waals surface area contributed by atoms with E-state index in [-0.39, 0.29) is 17.4 Å². The first-order valence-electron chi connectivity index (χ1n) is 7.09. The fraction of sp³-hybridized carbons (Fsp3) is 0.333. The lowest BCUT2D eigenvalue weighted by molar-refractivity contribution is -0.385. The van der Waals surface area contributed by atoms with Crippen molar-refractivity contribution in [2.45, 2.75) is 19.8 Å². The molecule has 0 saturated heterocycles. The van der Waals surface area contributed by atoms with Crippen molar-refractivity contribution in [2.75, 3.05) is 19.5 Å². The quantitative estimate of drug-likeness (QED) is 0.646. The maximum absolute atomic E-state index is 11.3. The molecule has 1 aromatic carbocycles. The zero-order valence-corrected chi connectivity index (χ0v) is 13.5. The maximum Gasteiger partial charge on any atom is 0.374 e. The van der Waals surface area contributed by atoms with Gasteiger partial charge in [-0.3, -0.25) is 15.5 Å². The number of nitrogens with one attached hydrogen (secondary N) is 1. The van der Waals surface area contributed by atoms with E-state index in [0.29, 0.717) is 11.7 Å². The molecule has 122 valence electrons. The molecule has 0 saturated carbocycles. The normalized spacial score (nSPS) is 10.9. The maximum atomic E-state index is 11.3. The van der Waals surface area contributed by atoms with Crippen molar-refractivity contribution in [1.29, 1.82) is 0 Å². The molecule has 0 atom stereocenters. The third-order valence-electron chi connectivity index (χ3n) is 3.06. The van der Waals surface area contributed by atoms with Crippen LogP contribution in [0.1, 0.15) is 25.3 Å². The van der Waals surface area contributed by atoms with Gasteiger partial charge >= 0.3 is 11.6 Å². The molecule has 23 heavy (non-hydrogen) atoms. The molecule has 0 unspecified atom stereocenters. The SMILES string of the molecule is CC(C)c1ccc(Oc2ncnc(NN(C)C)c2[N+](=O)[O-])cc1. The molecule has 1 heterocycles. The van der Waals surface area contributed by atoms with Crippen molar-refractivity contribution in [3.63, 3.8) is 0 Å². The van der Waals surface area contributed by atoms with Crippen molar-refractivity contribution in [3.05, 3.63) is 46.3 Å². The lowest BCUT2D eigenvalue weighted by Crippen LogP contribution is -2.21. The molecular formula is C15H19N5O3. The number of aromatic nitrogens is 2. The Labute approximate surface area is 134 Å². The van der Waals surface area contributed by atoms with Crippen LogP contribution < -0.4 is 10.2 Å². The van der Waals surface area contributed by atoms with Gasteiger partial charge in [0, 0.05) is 14.1 Å². The molecule has 2 rings (SSSR count). The highest BCUT2D eigenvalue weighted by atomic mass is 16.6. The Morgan fingerprint density at radius 3 is 2.39 bits per heavy atom. The molecule has 0 aliphatic rings. The minimum atomic E-state index is -0.566. The Bertz CT molecular complexity index is 686. The van der Waals surface area contributed by atoms with Gasteiger partial charge in [0.15, 0.2) is 0 Å². The fourth-order valence-corrected chi connectivity index (χ4v) is 1.93.